The molecule has 0 amide bonds. The van der Waals surface area contributed by atoms with Crippen LogP contribution < -0.4 is 5.73 Å². The number of nitrogens with zero attached hydrogens (tertiary/aromatic N) is 2. The van der Waals surface area contributed by atoms with Crippen molar-refractivity contribution in [3.05, 3.63) is 21.3 Å². The highest BCUT2D eigenvalue weighted by molar-refractivity contribution is 7.15. The molecule has 0 bridgehead atoms. The fraction of sp³-hybridized carbons (Fsp3) is 0.400. The standard InChI is InChI=1S/C10H13N3S2/c1-3-8(11)10-13-12-9(15-10)7-5-14-4-6(7)2/h4-5,8H,3,11H2,1-2H3. The number of hydrogen-bond donors (Lipinski definition) is 1. The van der Waals surface area contributed by atoms with E-state index < -0.39 is 0 Å². The number of nitrogens with two attached hydrogens (primary N) is 1. The molecule has 0 aliphatic rings. The van der Waals surface area contributed by atoms with E-state index in [9.17, 15) is 0 Å². The fourth-order valence-electron chi connectivity index (χ4n) is 1.25. The normalized spacial score (nSPS) is 13.0. The first-order valence-corrected chi connectivity index (χ1v) is 6.60. The molecule has 3 nitrogen and oxygen atoms in total. The molecule has 0 fully saturated rings. The Kier molecular flexibility index (Phi) is 3.14. The van der Waals surface area contributed by atoms with Crippen LogP contribution in [0.2, 0.25) is 0 Å². The molecule has 2 aromatic heterocycles. The van der Waals surface area contributed by atoms with Crippen LogP contribution in [-0.4, -0.2) is 10.2 Å². The molecule has 5 heteroatoms. The van der Waals surface area contributed by atoms with Crippen LogP contribution in [0, 0.1) is 6.92 Å². The van der Waals surface area contributed by atoms with E-state index in [1.807, 2.05) is 0 Å². The van der Waals surface area contributed by atoms with Crippen LogP contribution in [0.15, 0.2) is 10.8 Å². The van der Waals surface area contributed by atoms with Crippen LogP contribution in [0.4, 0.5) is 0 Å². The average molecular weight is 239 g/mol. The molecule has 2 N–H and O–H groups in total. The lowest BCUT2D eigenvalue weighted by Crippen LogP contribution is -2.07. The monoisotopic (exact) mass is 239 g/mol. The van der Waals surface area contributed by atoms with Crippen LogP contribution in [0.1, 0.15) is 30.0 Å². The molecule has 80 valence electrons. The zero-order valence-electron chi connectivity index (χ0n) is 8.73. The molecule has 0 aliphatic heterocycles. The van der Waals surface area contributed by atoms with E-state index in [2.05, 4.69) is 34.8 Å². The van der Waals surface area contributed by atoms with Gasteiger partial charge in [0, 0.05) is 10.9 Å². The van der Waals surface area contributed by atoms with E-state index in [0.29, 0.717) is 0 Å². The van der Waals surface area contributed by atoms with Crippen molar-refractivity contribution in [2.45, 2.75) is 26.3 Å². The van der Waals surface area contributed by atoms with Gasteiger partial charge in [-0.2, -0.15) is 11.3 Å². The van der Waals surface area contributed by atoms with Gasteiger partial charge in [-0.25, -0.2) is 0 Å². The predicted octanol–water partition coefficient (Wildman–Crippen LogP) is 2.98. The Bertz CT molecular complexity index is 447. The van der Waals surface area contributed by atoms with Crippen molar-refractivity contribution in [3.8, 4) is 10.6 Å². The van der Waals surface area contributed by atoms with Crippen molar-refractivity contribution in [2.75, 3.05) is 0 Å². The van der Waals surface area contributed by atoms with Crippen LogP contribution in [-0.2, 0) is 0 Å². The third-order valence-corrected chi connectivity index (χ3v) is 4.23. The largest absolute Gasteiger partial charge is 0.322 e. The summed E-state index contributed by atoms with van der Waals surface area (Å²) in [7, 11) is 0. The minimum atomic E-state index is 0.0233. The molecule has 1 atom stereocenters. The van der Waals surface area contributed by atoms with Gasteiger partial charge in [-0.1, -0.05) is 18.3 Å². The Labute approximate surface area is 97.0 Å². The predicted molar refractivity (Wildman–Crippen MR) is 65.2 cm³/mol. The van der Waals surface area contributed by atoms with E-state index in [1.165, 1.54) is 11.1 Å². The Morgan fingerprint density at radius 2 is 2.20 bits per heavy atom. The number of thiophene rings is 1. The SMILES string of the molecule is CCC(N)c1nnc(-c2cscc2C)s1. The molecule has 0 radical (unpaired) electrons. The van der Waals surface area contributed by atoms with Crippen LogP contribution in [0.5, 0.6) is 0 Å². The summed E-state index contributed by atoms with van der Waals surface area (Å²) >= 11 is 3.29. The first-order chi connectivity index (χ1) is 7.22. The summed E-state index contributed by atoms with van der Waals surface area (Å²) in [5.41, 5.74) is 8.35. The highest BCUT2D eigenvalue weighted by Gasteiger charge is 2.13. The molecular weight excluding hydrogens is 226 g/mol. The van der Waals surface area contributed by atoms with Crippen LogP contribution >= 0.6 is 22.7 Å². The summed E-state index contributed by atoms with van der Waals surface area (Å²) in [6.45, 7) is 4.15. The van der Waals surface area contributed by atoms with Crippen LogP contribution in [0.25, 0.3) is 10.6 Å². The molecule has 0 aromatic carbocycles. The second kappa shape index (κ2) is 4.38. The van der Waals surface area contributed by atoms with Gasteiger partial charge in [-0.15, -0.1) is 10.2 Å². The Balaban J connectivity index is 2.32. The highest BCUT2D eigenvalue weighted by Crippen LogP contribution is 2.31. The quantitative estimate of drug-likeness (QED) is 0.895. The number of hydrogen-bond acceptors (Lipinski definition) is 5. The summed E-state index contributed by atoms with van der Waals surface area (Å²) in [6, 6.07) is 0.0233. The van der Waals surface area contributed by atoms with Gasteiger partial charge in [0.05, 0.1) is 6.04 Å². The Hall–Kier alpha value is -0.780. The van der Waals surface area contributed by atoms with E-state index in [4.69, 9.17) is 5.73 Å². The lowest BCUT2D eigenvalue weighted by Gasteiger charge is -2.00. The van der Waals surface area contributed by atoms with Crippen molar-refractivity contribution in [3.63, 3.8) is 0 Å². The van der Waals surface area contributed by atoms with Crippen molar-refractivity contribution in [2.24, 2.45) is 5.73 Å². The topological polar surface area (TPSA) is 51.8 Å². The molecule has 15 heavy (non-hydrogen) atoms. The molecule has 0 spiro atoms. The van der Waals surface area contributed by atoms with E-state index in [-0.39, 0.29) is 6.04 Å². The van der Waals surface area contributed by atoms with Gasteiger partial charge in [-0.3, -0.25) is 0 Å². The molecule has 2 aromatic rings. The third kappa shape index (κ3) is 2.09. The highest BCUT2D eigenvalue weighted by atomic mass is 32.1. The van der Waals surface area contributed by atoms with E-state index in [0.717, 1.165) is 16.4 Å². The zero-order valence-corrected chi connectivity index (χ0v) is 10.4. The lowest BCUT2D eigenvalue weighted by molar-refractivity contribution is 0.683. The summed E-state index contributed by atoms with van der Waals surface area (Å²) < 4.78 is 0. The maximum Gasteiger partial charge on any atom is 0.148 e. The van der Waals surface area contributed by atoms with Gasteiger partial charge < -0.3 is 5.73 Å². The molecule has 0 saturated heterocycles. The van der Waals surface area contributed by atoms with Crippen molar-refractivity contribution < 1.29 is 0 Å². The van der Waals surface area contributed by atoms with Gasteiger partial charge in [-0.05, 0) is 24.3 Å². The summed E-state index contributed by atoms with van der Waals surface area (Å²) in [6.07, 6.45) is 0.900. The lowest BCUT2D eigenvalue weighted by atomic mass is 10.2. The smallest absolute Gasteiger partial charge is 0.148 e. The third-order valence-electron chi connectivity index (χ3n) is 2.28. The van der Waals surface area contributed by atoms with Gasteiger partial charge in [0.15, 0.2) is 0 Å². The molecule has 0 saturated carbocycles. The number of rotatable bonds is 3. The number of aryl methyl sites for hydroxylation is 1. The Morgan fingerprint density at radius 1 is 1.40 bits per heavy atom. The maximum atomic E-state index is 5.91. The summed E-state index contributed by atoms with van der Waals surface area (Å²) in [5.74, 6) is 0. The minimum Gasteiger partial charge on any atom is -0.322 e. The van der Waals surface area contributed by atoms with Crippen molar-refractivity contribution in [1.82, 2.24) is 10.2 Å². The van der Waals surface area contributed by atoms with E-state index >= 15 is 0 Å². The molecule has 2 heterocycles. The number of aromatic nitrogens is 2. The maximum absolute atomic E-state index is 5.91. The second-order valence-corrected chi connectivity index (χ2v) is 5.18. The van der Waals surface area contributed by atoms with Gasteiger partial charge in [0.2, 0.25) is 0 Å². The first kappa shape index (κ1) is 10.7. The summed E-state index contributed by atoms with van der Waals surface area (Å²) in [4.78, 5) is 0. The summed E-state index contributed by atoms with van der Waals surface area (Å²) in [5, 5.41) is 14.5. The second-order valence-electron chi connectivity index (χ2n) is 3.43. The van der Waals surface area contributed by atoms with Crippen molar-refractivity contribution >= 4 is 22.7 Å². The minimum absolute atomic E-state index is 0.0233. The van der Waals surface area contributed by atoms with Gasteiger partial charge in [0.1, 0.15) is 10.0 Å². The fourth-order valence-corrected chi connectivity index (χ4v) is 3.16. The first-order valence-electron chi connectivity index (χ1n) is 4.84. The average Bonchev–Trinajstić information content (AvgIpc) is 2.84. The van der Waals surface area contributed by atoms with Crippen LogP contribution in [0.3, 0.4) is 0 Å². The van der Waals surface area contributed by atoms with E-state index in [1.54, 1.807) is 22.7 Å². The molecule has 1 unspecified atom stereocenters. The Morgan fingerprint density at radius 3 is 2.80 bits per heavy atom. The molecule has 2 rings (SSSR count). The van der Waals surface area contributed by atoms with Gasteiger partial charge in [0.25, 0.3) is 0 Å². The molecule has 0 aliphatic carbocycles. The zero-order chi connectivity index (χ0) is 10.8. The molecular formula is C10H13N3S2. The van der Waals surface area contributed by atoms with Crippen molar-refractivity contribution in [1.29, 1.82) is 0 Å². The van der Waals surface area contributed by atoms with Gasteiger partial charge >= 0.3 is 0 Å².